The minimum Gasteiger partial charge on any atom is -0.457 e. The number of nitrogens with one attached hydrogen (secondary N) is 1. The van der Waals surface area contributed by atoms with Gasteiger partial charge in [-0.05, 0) is 36.4 Å². The van der Waals surface area contributed by atoms with Crippen molar-refractivity contribution in [3.63, 3.8) is 0 Å². The first-order chi connectivity index (χ1) is 13.6. The molecule has 7 nitrogen and oxygen atoms in total. The molecule has 138 valence electrons. The Morgan fingerprint density at radius 1 is 0.964 bits per heavy atom. The Hall–Kier alpha value is -4.13. The molecule has 1 aromatic heterocycles. The zero-order chi connectivity index (χ0) is 19.5. The summed E-state index contributed by atoms with van der Waals surface area (Å²) in [5.74, 6) is -1.46. The number of hydrogen-bond donors (Lipinski definition) is 1. The number of hydrazine groups is 1. The molecule has 4 rings (SSSR count). The molecule has 0 aliphatic carbocycles. The number of nitrogens with zero attached hydrogens (tertiary/aromatic N) is 1. The standard InChI is InChI=1S/C21H14N2O5/c24-19-16(20(25)23(22-19)15-8-2-1-3-9-15)13-14-7-4-5-10-17(14)28-21(26)18-11-6-12-27-18/h1-13H,(H,22,24). The van der Waals surface area contributed by atoms with Gasteiger partial charge in [-0.25, -0.2) is 9.80 Å². The van der Waals surface area contributed by atoms with Crippen molar-refractivity contribution >= 4 is 29.5 Å². The molecule has 1 aliphatic rings. The molecule has 28 heavy (non-hydrogen) atoms. The predicted octanol–water partition coefficient (Wildman–Crippen LogP) is 2.96. The zero-order valence-corrected chi connectivity index (χ0v) is 14.5. The number of carbonyl (C=O) groups excluding carboxylic acids is 3. The fraction of sp³-hybridized carbons (Fsp3) is 0. The van der Waals surface area contributed by atoms with E-state index < -0.39 is 17.8 Å². The fourth-order valence-corrected chi connectivity index (χ4v) is 2.71. The summed E-state index contributed by atoms with van der Waals surface area (Å²) in [7, 11) is 0. The van der Waals surface area contributed by atoms with E-state index in [9.17, 15) is 14.4 Å². The van der Waals surface area contributed by atoms with E-state index in [0.717, 1.165) is 0 Å². The summed E-state index contributed by atoms with van der Waals surface area (Å²) >= 11 is 0. The summed E-state index contributed by atoms with van der Waals surface area (Å²) < 4.78 is 10.4. The smallest absolute Gasteiger partial charge is 0.379 e. The Morgan fingerprint density at radius 3 is 2.46 bits per heavy atom. The summed E-state index contributed by atoms with van der Waals surface area (Å²) in [6, 6.07) is 18.4. The lowest BCUT2D eigenvalue weighted by atomic mass is 10.1. The number of esters is 1. The van der Waals surface area contributed by atoms with Crippen LogP contribution in [0.1, 0.15) is 16.1 Å². The third-order valence-electron chi connectivity index (χ3n) is 4.05. The summed E-state index contributed by atoms with van der Waals surface area (Å²) in [5, 5.41) is 1.17. The van der Waals surface area contributed by atoms with Gasteiger partial charge in [-0.1, -0.05) is 36.4 Å². The van der Waals surface area contributed by atoms with E-state index in [1.807, 2.05) is 6.07 Å². The topological polar surface area (TPSA) is 88.9 Å². The van der Waals surface area contributed by atoms with Gasteiger partial charge >= 0.3 is 5.97 Å². The number of benzene rings is 2. The van der Waals surface area contributed by atoms with Gasteiger partial charge in [-0.2, -0.15) is 0 Å². The molecule has 0 unspecified atom stereocenters. The number of furan rings is 1. The number of carbonyl (C=O) groups is 3. The number of amides is 2. The molecule has 2 aromatic carbocycles. The first-order valence-corrected chi connectivity index (χ1v) is 8.40. The lowest BCUT2D eigenvalue weighted by Crippen LogP contribution is -2.35. The number of anilines is 1. The van der Waals surface area contributed by atoms with Gasteiger partial charge in [0.2, 0.25) is 5.76 Å². The molecule has 1 saturated heterocycles. The molecule has 2 heterocycles. The predicted molar refractivity (Wildman–Crippen MR) is 100 cm³/mol. The van der Waals surface area contributed by atoms with Gasteiger partial charge in [0.05, 0.1) is 12.0 Å². The monoisotopic (exact) mass is 374 g/mol. The van der Waals surface area contributed by atoms with Crippen LogP contribution in [0.4, 0.5) is 5.69 Å². The van der Waals surface area contributed by atoms with Gasteiger partial charge in [0.15, 0.2) is 0 Å². The number of ether oxygens (including phenoxy) is 1. The van der Waals surface area contributed by atoms with E-state index in [0.29, 0.717) is 11.3 Å². The van der Waals surface area contributed by atoms with Crippen LogP contribution in [0.2, 0.25) is 0 Å². The molecule has 0 bridgehead atoms. The van der Waals surface area contributed by atoms with Crippen molar-refractivity contribution in [2.75, 3.05) is 5.01 Å². The molecule has 7 heteroatoms. The van der Waals surface area contributed by atoms with E-state index in [2.05, 4.69) is 5.43 Å². The number of rotatable bonds is 4. The molecule has 1 N–H and O–H groups in total. The van der Waals surface area contributed by atoms with Crippen LogP contribution in [-0.2, 0) is 9.59 Å². The second kappa shape index (κ2) is 7.24. The summed E-state index contributed by atoms with van der Waals surface area (Å²) in [5.41, 5.74) is 3.42. The molecular formula is C21H14N2O5. The van der Waals surface area contributed by atoms with Crippen LogP contribution in [0.15, 0.2) is 83.0 Å². The van der Waals surface area contributed by atoms with Crippen LogP contribution < -0.4 is 15.2 Å². The average Bonchev–Trinajstić information content (AvgIpc) is 3.34. The largest absolute Gasteiger partial charge is 0.457 e. The van der Waals surface area contributed by atoms with Gasteiger partial charge in [0, 0.05) is 5.56 Å². The quantitative estimate of drug-likeness (QED) is 0.328. The van der Waals surface area contributed by atoms with Crippen molar-refractivity contribution in [3.05, 3.63) is 89.9 Å². The Balaban J connectivity index is 1.63. The molecule has 0 radical (unpaired) electrons. The number of para-hydroxylation sites is 2. The van der Waals surface area contributed by atoms with Gasteiger partial charge in [-0.15, -0.1) is 0 Å². The minimum absolute atomic E-state index is 0.0485. The van der Waals surface area contributed by atoms with Crippen molar-refractivity contribution in [2.45, 2.75) is 0 Å². The molecule has 1 aliphatic heterocycles. The van der Waals surface area contributed by atoms with Crippen LogP contribution in [0.5, 0.6) is 5.75 Å². The van der Waals surface area contributed by atoms with Crippen molar-refractivity contribution in [2.24, 2.45) is 0 Å². The van der Waals surface area contributed by atoms with E-state index in [1.165, 1.54) is 23.4 Å². The van der Waals surface area contributed by atoms with Crippen molar-refractivity contribution in [1.29, 1.82) is 0 Å². The van der Waals surface area contributed by atoms with Crippen LogP contribution in [-0.4, -0.2) is 17.8 Å². The van der Waals surface area contributed by atoms with Gasteiger partial charge < -0.3 is 9.15 Å². The molecule has 2 amide bonds. The third kappa shape index (κ3) is 3.28. The highest BCUT2D eigenvalue weighted by atomic mass is 16.5. The van der Waals surface area contributed by atoms with E-state index in [4.69, 9.17) is 9.15 Å². The van der Waals surface area contributed by atoms with Crippen LogP contribution in [0.3, 0.4) is 0 Å². The van der Waals surface area contributed by atoms with E-state index in [1.54, 1.807) is 54.6 Å². The lowest BCUT2D eigenvalue weighted by Gasteiger charge is -2.13. The second-order valence-electron chi connectivity index (χ2n) is 5.88. The SMILES string of the molecule is O=C1NN(c2ccccc2)C(=O)C1=Cc1ccccc1OC(=O)c1ccco1. The Kier molecular flexibility index (Phi) is 4.47. The molecule has 3 aromatic rings. The maximum atomic E-state index is 12.7. The van der Waals surface area contributed by atoms with Crippen LogP contribution >= 0.6 is 0 Å². The summed E-state index contributed by atoms with van der Waals surface area (Å²) in [6.07, 6.45) is 2.76. The Bertz CT molecular complexity index is 1070. The number of hydrogen-bond acceptors (Lipinski definition) is 5. The van der Waals surface area contributed by atoms with E-state index >= 15 is 0 Å². The van der Waals surface area contributed by atoms with Gasteiger partial charge in [-0.3, -0.25) is 15.0 Å². The first kappa shape index (κ1) is 17.3. The van der Waals surface area contributed by atoms with Crippen molar-refractivity contribution in [1.82, 2.24) is 5.43 Å². The van der Waals surface area contributed by atoms with Gasteiger partial charge in [0.25, 0.3) is 11.8 Å². The first-order valence-electron chi connectivity index (χ1n) is 8.40. The second-order valence-corrected chi connectivity index (χ2v) is 5.88. The third-order valence-corrected chi connectivity index (χ3v) is 4.05. The maximum absolute atomic E-state index is 12.7. The fourth-order valence-electron chi connectivity index (χ4n) is 2.71. The van der Waals surface area contributed by atoms with E-state index in [-0.39, 0.29) is 17.1 Å². The highest BCUT2D eigenvalue weighted by Gasteiger charge is 2.34. The van der Waals surface area contributed by atoms with Crippen LogP contribution in [0, 0.1) is 0 Å². The Morgan fingerprint density at radius 2 is 1.71 bits per heavy atom. The molecule has 0 spiro atoms. The Labute approximate surface area is 159 Å². The average molecular weight is 374 g/mol. The highest BCUT2D eigenvalue weighted by molar-refractivity contribution is 6.31. The highest BCUT2D eigenvalue weighted by Crippen LogP contribution is 2.26. The molecular weight excluding hydrogens is 360 g/mol. The minimum atomic E-state index is -0.677. The van der Waals surface area contributed by atoms with Crippen LogP contribution in [0.25, 0.3) is 6.08 Å². The molecule has 1 fully saturated rings. The summed E-state index contributed by atoms with van der Waals surface area (Å²) in [4.78, 5) is 37.2. The maximum Gasteiger partial charge on any atom is 0.379 e. The van der Waals surface area contributed by atoms with Gasteiger partial charge in [0.1, 0.15) is 11.3 Å². The summed E-state index contributed by atoms with van der Waals surface area (Å²) in [6.45, 7) is 0. The zero-order valence-electron chi connectivity index (χ0n) is 14.5. The molecule has 0 saturated carbocycles. The van der Waals surface area contributed by atoms with Crippen molar-refractivity contribution in [3.8, 4) is 5.75 Å². The normalized spacial score (nSPS) is 15.0. The lowest BCUT2D eigenvalue weighted by molar-refractivity contribution is -0.117. The molecule has 0 atom stereocenters. The van der Waals surface area contributed by atoms with Crippen molar-refractivity contribution < 1.29 is 23.5 Å².